The van der Waals surface area contributed by atoms with Crippen molar-refractivity contribution in [2.24, 2.45) is 7.05 Å². The van der Waals surface area contributed by atoms with Gasteiger partial charge in [-0.05, 0) is 12.1 Å². The van der Waals surface area contributed by atoms with E-state index >= 15 is 0 Å². The molecule has 18 heavy (non-hydrogen) atoms. The van der Waals surface area contributed by atoms with Crippen molar-refractivity contribution in [2.45, 2.75) is 6.92 Å². The summed E-state index contributed by atoms with van der Waals surface area (Å²) in [5, 5.41) is 2.69. The van der Waals surface area contributed by atoms with Crippen LogP contribution in [0.4, 0.5) is 5.69 Å². The number of carbonyl (C=O) groups is 1. The van der Waals surface area contributed by atoms with Crippen LogP contribution >= 0.6 is 0 Å². The molecule has 0 aliphatic heterocycles. The van der Waals surface area contributed by atoms with Gasteiger partial charge in [-0.2, -0.15) is 0 Å². The number of anilines is 1. The van der Waals surface area contributed by atoms with Gasteiger partial charge in [0.15, 0.2) is 0 Å². The minimum atomic E-state index is -0.145. The van der Waals surface area contributed by atoms with E-state index in [0.717, 1.165) is 11.3 Å². The Bertz CT molecular complexity index is 629. The maximum Gasteiger partial charge on any atom is 0.268 e. The fraction of sp³-hybridized carbons (Fsp3) is 0.154. The summed E-state index contributed by atoms with van der Waals surface area (Å²) in [6, 6.07) is 7.28. The predicted molar refractivity (Wildman–Crippen MR) is 69.2 cm³/mol. The molecule has 0 fully saturated rings. The number of carbonyl (C=O) groups excluding carboxylic acids is 1. The van der Waals surface area contributed by atoms with E-state index in [1.165, 1.54) is 17.7 Å². The minimum Gasteiger partial charge on any atom is -0.326 e. The Morgan fingerprint density at radius 3 is 2.50 bits per heavy atom. The molecule has 0 aliphatic rings. The van der Waals surface area contributed by atoms with Crippen LogP contribution < -0.4 is 10.9 Å². The molecule has 1 amide bonds. The highest BCUT2D eigenvalue weighted by Crippen LogP contribution is 2.18. The van der Waals surface area contributed by atoms with Gasteiger partial charge < -0.3 is 9.88 Å². The van der Waals surface area contributed by atoms with Crippen LogP contribution in [0.1, 0.15) is 6.92 Å². The lowest BCUT2D eigenvalue weighted by Gasteiger charge is -2.05. The highest BCUT2D eigenvalue weighted by atomic mass is 16.1. The van der Waals surface area contributed by atoms with Gasteiger partial charge in [0.1, 0.15) is 0 Å². The summed E-state index contributed by atoms with van der Waals surface area (Å²) in [6.45, 7) is 1.46. The fourth-order valence-electron chi connectivity index (χ4n) is 1.57. The molecule has 1 heterocycles. The molecule has 1 aromatic heterocycles. The molecule has 2 aromatic rings. The van der Waals surface area contributed by atoms with Crippen LogP contribution in [0.15, 0.2) is 41.5 Å². The molecular formula is C13H13N3O2. The average Bonchev–Trinajstić information content (AvgIpc) is 2.33. The van der Waals surface area contributed by atoms with E-state index in [9.17, 15) is 9.59 Å². The van der Waals surface area contributed by atoms with Crippen LogP contribution in [-0.2, 0) is 11.8 Å². The molecule has 0 bridgehead atoms. The predicted octanol–water partition coefficient (Wildman–Crippen LogP) is 1.41. The SMILES string of the molecule is CC(=O)Nc1ccc(-c2cn(C)c(=O)cn2)cc1. The second-order valence-electron chi connectivity index (χ2n) is 3.98. The molecular weight excluding hydrogens is 230 g/mol. The van der Waals surface area contributed by atoms with Crippen molar-refractivity contribution in [3.63, 3.8) is 0 Å². The molecule has 0 atom stereocenters. The topological polar surface area (TPSA) is 64.0 Å². The smallest absolute Gasteiger partial charge is 0.268 e. The van der Waals surface area contributed by atoms with Crippen molar-refractivity contribution >= 4 is 11.6 Å². The molecule has 5 nitrogen and oxygen atoms in total. The molecule has 0 radical (unpaired) electrons. The van der Waals surface area contributed by atoms with Crippen molar-refractivity contribution in [3.8, 4) is 11.3 Å². The Morgan fingerprint density at radius 2 is 1.94 bits per heavy atom. The van der Waals surface area contributed by atoms with Gasteiger partial charge in [0.2, 0.25) is 5.91 Å². The Hall–Kier alpha value is -2.43. The van der Waals surface area contributed by atoms with E-state index in [1.807, 2.05) is 12.1 Å². The number of rotatable bonds is 2. The maximum absolute atomic E-state index is 11.2. The first-order valence-corrected chi connectivity index (χ1v) is 5.47. The van der Waals surface area contributed by atoms with Crippen LogP contribution in [0.3, 0.4) is 0 Å². The number of nitrogens with one attached hydrogen (secondary N) is 1. The monoisotopic (exact) mass is 243 g/mol. The number of aryl methyl sites for hydroxylation is 1. The number of benzene rings is 1. The lowest BCUT2D eigenvalue weighted by molar-refractivity contribution is -0.114. The van der Waals surface area contributed by atoms with Gasteiger partial charge in [-0.25, -0.2) is 4.98 Å². The molecule has 2 rings (SSSR count). The second-order valence-corrected chi connectivity index (χ2v) is 3.98. The molecule has 1 N–H and O–H groups in total. The maximum atomic E-state index is 11.2. The van der Waals surface area contributed by atoms with E-state index in [1.54, 1.807) is 25.4 Å². The molecule has 0 aliphatic carbocycles. The van der Waals surface area contributed by atoms with E-state index in [0.29, 0.717) is 5.69 Å². The first kappa shape index (κ1) is 12.0. The van der Waals surface area contributed by atoms with Crippen LogP contribution in [0.2, 0.25) is 0 Å². The summed E-state index contributed by atoms with van der Waals surface area (Å²) in [6.07, 6.45) is 2.97. The molecule has 1 aromatic carbocycles. The summed E-state index contributed by atoms with van der Waals surface area (Å²) in [4.78, 5) is 26.2. The summed E-state index contributed by atoms with van der Waals surface area (Å²) < 4.78 is 1.48. The van der Waals surface area contributed by atoms with Gasteiger partial charge in [0, 0.05) is 31.4 Å². The highest BCUT2D eigenvalue weighted by Gasteiger charge is 2.02. The summed E-state index contributed by atoms with van der Waals surface area (Å²) in [5.41, 5.74) is 2.19. The Labute approximate surface area is 104 Å². The normalized spacial score (nSPS) is 10.1. The standard InChI is InChI=1S/C13H13N3O2/c1-9(17)15-11-5-3-10(4-6-11)12-8-16(2)13(18)7-14-12/h3-8H,1-2H3,(H,15,17). The number of hydrogen-bond acceptors (Lipinski definition) is 3. The zero-order valence-corrected chi connectivity index (χ0v) is 10.2. The van der Waals surface area contributed by atoms with Crippen LogP contribution in [0.25, 0.3) is 11.3 Å². The fourth-order valence-corrected chi connectivity index (χ4v) is 1.57. The number of nitrogens with zero attached hydrogens (tertiary/aromatic N) is 2. The van der Waals surface area contributed by atoms with Gasteiger partial charge in [-0.3, -0.25) is 9.59 Å². The number of amides is 1. The zero-order chi connectivity index (χ0) is 13.1. The van der Waals surface area contributed by atoms with Crippen LogP contribution in [-0.4, -0.2) is 15.5 Å². The van der Waals surface area contributed by atoms with Crippen LogP contribution in [0, 0.1) is 0 Å². The van der Waals surface area contributed by atoms with Crippen molar-refractivity contribution in [3.05, 3.63) is 47.0 Å². The lowest BCUT2D eigenvalue weighted by atomic mass is 10.1. The largest absolute Gasteiger partial charge is 0.326 e. The van der Waals surface area contributed by atoms with Crippen molar-refractivity contribution in [1.29, 1.82) is 0 Å². The second kappa shape index (κ2) is 4.83. The van der Waals surface area contributed by atoms with E-state index in [-0.39, 0.29) is 11.5 Å². The third-order valence-electron chi connectivity index (χ3n) is 2.48. The summed E-state index contributed by atoms with van der Waals surface area (Å²) >= 11 is 0. The van der Waals surface area contributed by atoms with E-state index < -0.39 is 0 Å². The third kappa shape index (κ3) is 2.63. The quantitative estimate of drug-likeness (QED) is 0.867. The van der Waals surface area contributed by atoms with E-state index in [2.05, 4.69) is 10.3 Å². The lowest BCUT2D eigenvalue weighted by Crippen LogP contribution is -2.15. The highest BCUT2D eigenvalue weighted by molar-refractivity contribution is 5.88. The average molecular weight is 243 g/mol. The summed E-state index contributed by atoms with van der Waals surface area (Å²) in [5.74, 6) is -0.108. The molecule has 92 valence electrons. The van der Waals surface area contributed by atoms with Gasteiger partial charge in [-0.15, -0.1) is 0 Å². The Balaban J connectivity index is 2.31. The van der Waals surface area contributed by atoms with Gasteiger partial charge in [0.05, 0.1) is 11.9 Å². The first-order valence-electron chi connectivity index (χ1n) is 5.47. The van der Waals surface area contributed by atoms with Gasteiger partial charge in [-0.1, -0.05) is 12.1 Å². The molecule has 0 saturated heterocycles. The third-order valence-corrected chi connectivity index (χ3v) is 2.48. The van der Waals surface area contributed by atoms with Gasteiger partial charge in [0.25, 0.3) is 5.56 Å². The Morgan fingerprint density at radius 1 is 1.28 bits per heavy atom. The minimum absolute atomic E-state index is 0.108. The number of aromatic nitrogens is 2. The molecule has 0 spiro atoms. The molecule has 5 heteroatoms. The van der Waals surface area contributed by atoms with Crippen molar-refractivity contribution in [1.82, 2.24) is 9.55 Å². The molecule has 0 saturated carbocycles. The zero-order valence-electron chi connectivity index (χ0n) is 10.2. The molecule has 0 unspecified atom stereocenters. The number of hydrogen-bond donors (Lipinski definition) is 1. The summed E-state index contributed by atoms with van der Waals surface area (Å²) in [7, 11) is 1.68. The van der Waals surface area contributed by atoms with Crippen LogP contribution in [0.5, 0.6) is 0 Å². The van der Waals surface area contributed by atoms with Crippen molar-refractivity contribution in [2.75, 3.05) is 5.32 Å². The van der Waals surface area contributed by atoms with Gasteiger partial charge >= 0.3 is 0 Å². The first-order chi connectivity index (χ1) is 8.56. The Kier molecular flexibility index (Phi) is 3.23. The van der Waals surface area contributed by atoms with Crippen molar-refractivity contribution < 1.29 is 4.79 Å². The van der Waals surface area contributed by atoms with E-state index in [4.69, 9.17) is 0 Å².